The maximum atomic E-state index is 12.4. The van der Waals surface area contributed by atoms with Crippen LogP contribution in [0.4, 0.5) is 0 Å². The molecule has 4 unspecified atom stereocenters. The number of hydrogen-bond donors (Lipinski definition) is 2. The van der Waals surface area contributed by atoms with Gasteiger partial charge in [0.25, 0.3) is 0 Å². The quantitative estimate of drug-likeness (QED) is 0.164. The molecule has 7 nitrogen and oxygen atoms in total. The number of aromatic nitrogens is 2. The van der Waals surface area contributed by atoms with Gasteiger partial charge in [0.15, 0.2) is 15.6 Å². The molecule has 9 heteroatoms. The van der Waals surface area contributed by atoms with E-state index in [4.69, 9.17) is 21.1 Å². The Morgan fingerprint density at radius 3 is 2.19 bits per heavy atom. The topological polar surface area (TPSA) is 102 Å². The minimum absolute atomic E-state index is 0.0654. The first-order valence-corrected chi connectivity index (χ1v) is 18.2. The van der Waals surface area contributed by atoms with Crippen LogP contribution in [0.1, 0.15) is 71.8 Å². The summed E-state index contributed by atoms with van der Waals surface area (Å²) in [5.41, 5.74) is 6.47. The van der Waals surface area contributed by atoms with E-state index in [-0.39, 0.29) is 40.6 Å². The molecule has 242 valence electrons. The van der Waals surface area contributed by atoms with Crippen molar-refractivity contribution in [2.75, 3.05) is 6.26 Å². The zero-order chi connectivity index (χ0) is 32.6. The first kappa shape index (κ1) is 31.8. The second-order valence-electron chi connectivity index (χ2n) is 12.7. The predicted octanol–water partition coefficient (Wildman–Crippen LogP) is 8.17. The number of aliphatic hydroxyl groups is 1. The first-order valence-electron chi connectivity index (χ1n) is 15.9. The van der Waals surface area contributed by atoms with Crippen molar-refractivity contribution in [3.63, 3.8) is 0 Å². The summed E-state index contributed by atoms with van der Waals surface area (Å²) in [7, 11) is -3.47. The molecule has 1 aliphatic heterocycles. The van der Waals surface area contributed by atoms with Crippen LogP contribution >= 0.6 is 11.6 Å². The standard InChI is InChI=1S/C38H37ClN2O5S/c1-47(43,44)35-17-13-29(21-31(35)39)30(32-15-16-34(41-32)33-14-12-26(24-42)23-40-33)20-25-18-19-38(22-25)45-36(27-8-4-2-5-9-27)37(46-38)28-10-6-3-7-11-28/h2-17,21,23,25,30,36-37,41-42H,18-20,22,24H2,1H3. The van der Waals surface area contributed by atoms with Crippen LogP contribution in [0.2, 0.25) is 5.02 Å². The molecule has 3 aromatic carbocycles. The molecule has 7 rings (SSSR count). The van der Waals surface area contributed by atoms with E-state index in [0.29, 0.717) is 0 Å². The minimum atomic E-state index is -3.47. The van der Waals surface area contributed by atoms with E-state index in [0.717, 1.165) is 65.0 Å². The van der Waals surface area contributed by atoms with Crippen molar-refractivity contribution in [1.29, 1.82) is 0 Å². The molecule has 0 bridgehead atoms. The third-order valence-corrected chi connectivity index (χ3v) is 11.0. The van der Waals surface area contributed by atoms with Crippen molar-refractivity contribution in [2.45, 2.75) is 61.1 Å². The number of sulfone groups is 1. The first-order chi connectivity index (χ1) is 22.7. The van der Waals surface area contributed by atoms with Crippen molar-refractivity contribution in [2.24, 2.45) is 5.92 Å². The highest BCUT2D eigenvalue weighted by Gasteiger charge is 2.52. The lowest BCUT2D eigenvalue weighted by Crippen LogP contribution is -2.26. The molecule has 2 fully saturated rings. The second kappa shape index (κ2) is 13.0. The number of nitrogens with one attached hydrogen (secondary N) is 1. The SMILES string of the molecule is CS(=O)(=O)c1ccc(C(CC2CCC3(C2)OC(c2ccccc2)C(c2ccccc2)O3)c2ccc(-c3ccc(CO)cn3)[nH]2)cc1Cl. The third kappa shape index (κ3) is 6.66. The molecule has 1 saturated heterocycles. The van der Waals surface area contributed by atoms with E-state index in [1.165, 1.54) is 6.26 Å². The summed E-state index contributed by atoms with van der Waals surface area (Å²) in [5.74, 6) is -0.524. The van der Waals surface area contributed by atoms with Gasteiger partial charge in [-0.05, 0) is 71.3 Å². The Balaban J connectivity index is 1.18. The molecule has 2 N–H and O–H groups in total. The van der Waals surface area contributed by atoms with Crippen molar-refractivity contribution in [3.8, 4) is 11.4 Å². The van der Waals surface area contributed by atoms with Gasteiger partial charge in [-0.15, -0.1) is 0 Å². The lowest BCUT2D eigenvalue weighted by Gasteiger charge is -2.25. The molecular formula is C38H37ClN2O5S. The number of H-pyrrole nitrogens is 1. The summed E-state index contributed by atoms with van der Waals surface area (Å²) in [5, 5.41) is 9.65. The molecule has 5 aromatic rings. The number of nitrogens with zero attached hydrogens (tertiary/aromatic N) is 1. The van der Waals surface area contributed by atoms with Gasteiger partial charge in [-0.2, -0.15) is 0 Å². The van der Waals surface area contributed by atoms with Crippen molar-refractivity contribution >= 4 is 21.4 Å². The summed E-state index contributed by atoms with van der Waals surface area (Å²) in [6, 6.07) is 33.6. The fourth-order valence-corrected chi connectivity index (χ4v) is 8.46. The van der Waals surface area contributed by atoms with Crippen LogP contribution in [0, 0.1) is 5.92 Å². The predicted molar refractivity (Wildman–Crippen MR) is 182 cm³/mol. The van der Waals surface area contributed by atoms with Crippen molar-refractivity contribution in [1.82, 2.24) is 9.97 Å². The zero-order valence-corrected chi connectivity index (χ0v) is 27.6. The lowest BCUT2D eigenvalue weighted by molar-refractivity contribution is -0.172. The van der Waals surface area contributed by atoms with Crippen LogP contribution in [0.3, 0.4) is 0 Å². The molecule has 0 radical (unpaired) electrons. The average molecular weight is 669 g/mol. The smallest absolute Gasteiger partial charge is 0.176 e. The Labute approximate surface area is 280 Å². The molecular weight excluding hydrogens is 632 g/mol. The van der Waals surface area contributed by atoms with Crippen LogP contribution in [0.25, 0.3) is 11.4 Å². The van der Waals surface area contributed by atoms with Crippen LogP contribution in [0.5, 0.6) is 0 Å². The number of halogens is 1. The fraction of sp³-hybridized carbons (Fsp3) is 0.289. The van der Waals surface area contributed by atoms with E-state index in [1.54, 1.807) is 18.3 Å². The van der Waals surface area contributed by atoms with Gasteiger partial charge in [-0.1, -0.05) is 84.4 Å². The highest BCUT2D eigenvalue weighted by atomic mass is 35.5. The maximum Gasteiger partial charge on any atom is 0.176 e. The number of ether oxygens (including phenoxy) is 2. The number of pyridine rings is 1. The largest absolute Gasteiger partial charge is 0.392 e. The molecule has 3 heterocycles. The molecule has 2 aromatic heterocycles. The maximum absolute atomic E-state index is 12.4. The molecule has 2 aliphatic rings. The molecule has 0 amide bonds. The van der Waals surface area contributed by atoms with E-state index >= 15 is 0 Å². The van der Waals surface area contributed by atoms with Crippen molar-refractivity contribution < 1.29 is 23.0 Å². The van der Waals surface area contributed by atoms with E-state index in [9.17, 15) is 13.5 Å². The number of aromatic amines is 1. The van der Waals surface area contributed by atoms with E-state index in [1.807, 2.05) is 60.7 Å². The highest BCUT2D eigenvalue weighted by molar-refractivity contribution is 7.90. The Hall–Kier alpha value is -3.79. The molecule has 1 spiro atoms. The minimum Gasteiger partial charge on any atom is -0.392 e. The summed E-state index contributed by atoms with van der Waals surface area (Å²) >= 11 is 6.58. The van der Waals surface area contributed by atoms with E-state index < -0.39 is 15.6 Å². The highest BCUT2D eigenvalue weighted by Crippen LogP contribution is 2.55. The van der Waals surface area contributed by atoms with Crippen LogP contribution in [-0.2, 0) is 25.9 Å². The summed E-state index contributed by atoms with van der Waals surface area (Å²) in [6.07, 6.45) is 5.63. The Bertz CT molecular complexity index is 1900. The number of benzene rings is 3. The van der Waals surface area contributed by atoms with Gasteiger partial charge in [0.2, 0.25) is 0 Å². The Morgan fingerprint density at radius 1 is 0.936 bits per heavy atom. The van der Waals surface area contributed by atoms with Crippen LogP contribution < -0.4 is 0 Å². The lowest BCUT2D eigenvalue weighted by atomic mass is 9.85. The average Bonchev–Trinajstić information content (AvgIpc) is 3.83. The van der Waals surface area contributed by atoms with Crippen LogP contribution in [0.15, 0.2) is 114 Å². The monoisotopic (exact) mass is 668 g/mol. The summed E-state index contributed by atoms with van der Waals surface area (Å²) in [6.45, 7) is -0.0654. The number of aliphatic hydroxyl groups excluding tert-OH is 1. The van der Waals surface area contributed by atoms with Gasteiger partial charge < -0.3 is 19.6 Å². The summed E-state index contributed by atoms with van der Waals surface area (Å²) in [4.78, 5) is 8.21. The van der Waals surface area contributed by atoms with Gasteiger partial charge >= 0.3 is 0 Å². The molecule has 47 heavy (non-hydrogen) atoms. The van der Waals surface area contributed by atoms with Gasteiger partial charge in [-0.25, -0.2) is 8.42 Å². The Kier molecular flexibility index (Phi) is 8.80. The third-order valence-electron chi connectivity index (χ3n) is 9.44. The normalized spacial score (nSPS) is 23.3. The van der Waals surface area contributed by atoms with Gasteiger partial charge in [0.1, 0.15) is 12.2 Å². The number of hydrogen-bond acceptors (Lipinski definition) is 6. The molecule has 1 saturated carbocycles. The van der Waals surface area contributed by atoms with Gasteiger partial charge in [0.05, 0.1) is 27.9 Å². The molecule has 4 atom stereocenters. The van der Waals surface area contributed by atoms with Gasteiger partial charge in [-0.3, -0.25) is 4.98 Å². The molecule has 1 aliphatic carbocycles. The number of rotatable bonds is 9. The van der Waals surface area contributed by atoms with E-state index in [2.05, 4.69) is 40.3 Å². The zero-order valence-electron chi connectivity index (χ0n) is 26.1. The van der Waals surface area contributed by atoms with Crippen molar-refractivity contribution in [3.05, 3.63) is 142 Å². The fourth-order valence-electron chi connectivity index (χ4n) is 7.12. The summed E-state index contributed by atoms with van der Waals surface area (Å²) < 4.78 is 38.5. The Morgan fingerprint density at radius 2 is 1.62 bits per heavy atom. The second-order valence-corrected chi connectivity index (χ2v) is 15.1. The van der Waals surface area contributed by atoms with Gasteiger partial charge in [0, 0.05) is 36.9 Å². The van der Waals surface area contributed by atoms with Crippen LogP contribution in [-0.4, -0.2) is 35.5 Å².